The highest BCUT2D eigenvalue weighted by Crippen LogP contribution is 2.28. The van der Waals surface area contributed by atoms with E-state index in [1.807, 2.05) is 26.0 Å². The van der Waals surface area contributed by atoms with E-state index in [9.17, 15) is 0 Å². The van der Waals surface area contributed by atoms with E-state index in [0.717, 1.165) is 22.3 Å². The normalized spacial score (nSPS) is 10.8. The van der Waals surface area contributed by atoms with Crippen LogP contribution in [0, 0.1) is 20.8 Å². The number of aromatic nitrogens is 5. The van der Waals surface area contributed by atoms with Crippen LogP contribution in [0.4, 0.5) is 0 Å². The summed E-state index contributed by atoms with van der Waals surface area (Å²) in [5, 5.41) is 0. The van der Waals surface area contributed by atoms with E-state index in [1.165, 1.54) is 5.56 Å². The molecule has 0 radical (unpaired) electrons. The zero-order valence-electron chi connectivity index (χ0n) is 15.5. The van der Waals surface area contributed by atoms with E-state index in [4.69, 9.17) is 4.98 Å². The first-order valence-corrected chi connectivity index (χ1v) is 8.76. The highest BCUT2D eigenvalue weighted by Gasteiger charge is 2.12. The Morgan fingerprint density at radius 1 is 0.519 bits per heavy atom. The molecule has 3 heterocycles. The largest absolute Gasteiger partial charge is 0.241 e. The van der Waals surface area contributed by atoms with Gasteiger partial charge in [0.15, 0.2) is 11.6 Å². The first kappa shape index (κ1) is 17.0. The van der Waals surface area contributed by atoms with Crippen molar-refractivity contribution in [2.24, 2.45) is 0 Å². The number of aryl methyl sites for hydroxylation is 3. The van der Waals surface area contributed by atoms with Gasteiger partial charge in [0.25, 0.3) is 0 Å². The maximum atomic E-state index is 4.73. The van der Waals surface area contributed by atoms with Gasteiger partial charge in [0.1, 0.15) is 11.4 Å². The van der Waals surface area contributed by atoms with Gasteiger partial charge in [0.2, 0.25) is 0 Å². The average Bonchev–Trinajstić information content (AvgIpc) is 2.69. The molecule has 0 saturated heterocycles. The number of benzene rings is 1. The number of hydrogen-bond donors (Lipinski definition) is 0. The van der Waals surface area contributed by atoms with Crippen LogP contribution in [0.15, 0.2) is 61.2 Å². The molecule has 4 aromatic rings. The number of hydrogen-bond acceptors (Lipinski definition) is 5. The van der Waals surface area contributed by atoms with E-state index >= 15 is 0 Å². The van der Waals surface area contributed by atoms with Crippen LogP contribution in [0.3, 0.4) is 0 Å². The predicted molar refractivity (Wildman–Crippen MR) is 106 cm³/mol. The summed E-state index contributed by atoms with van der Waals surface area (Å²) in [6.07, 6.45) is 7.18. The second kappa shape index (κ2) is 7.03. The molecule has 0 unspecified atom stereocenters. The minimum Gasteiger partial charge on any atom is -0.241 e. The predicted octanol–water partition coefficient (Wildman–Crippen LogP) is 4.59. The third kappa shape index (κ3) is 3.72. The van der Waals surface area contributed by atoms with Crippen LogP contribution in [0.2, 0.25) is 0 Å². The van der Waals surface area contributed by atoms with Crippen LogP contribution in [0.5, 0.6) is 0 Å². The van der Waals surface area contributed by atoms with Crippen LogP contribution < -0.4 is 0 Å². The summed E-state index contributed by atoms with van der Waals surface area (Å²) in [5.41, 5.74) is 6.77. The van der Waals surface area contributed by atoms with Gasteiger partial charge in [-0.15, -0.1) is 0 Å². The Morgan fingerprint density at radius 3 is 1.41 bits per heavy atom. The lowest BCUT2D eigenvalue weighted by Crippen LogP contribution is -1.98. The summed E-state index contributed by atoms with van der Waals surface area (Å²) in [6.45, 7) is 6.00. The van der Waals surface area contributed by atoms with Gasteiger partial charge in [-0.3, -0.25) is 0 Å². The fourth-order valence-electron chi connectivity index (χ4n) is 2.72. The molecule has 0 amide bonds. The Kier molecular flexibility index (Phi) is 4.42. The summed E-state index contributed by atoms with van der Waals surface area (Å²) in [5.74, 6) is 1.17. The smallest absolute Gasteiger partial charge is 0.178 e. The molecule has 0 aliphatic rings. The molecule has 1 aromatic carbocycles. The molecule has 0 fully saturated rings. The third-order valence-corrected chi connectivity index (χ3v) is 4.23. The summed E-state index contributed by atoms with van der Waals surface area (Å²) >= 11 is 0. The number of rotatable bonds is 3. The topological polar surface area (TPSA) is 64.5 Å². The van der Waals surface area contributed by atoms with Gasteiger partial charge < -0.3 is 0 Å². The van der Waals surface area contributed by atoms with E-state index in [2.05, 4.69) is 51.1 Å². The minimum atomic E-state index is 0.586. The molecule has 0 saturated carbocycles. The summed E-state index contributed by atoms with van der Waals surface area (Å²) in [6, 6.07) is 12.4. The fraction of sp³-hybridized carbons (Fsp3) is 0.136. The summed E-state index contributed by atoms with van der Waals surface area (Å²) < 4.78 is 0. The van der Waals surface area contributed by atoms with Crippen LogP contribution in [-0.2, 0) is 0 Å². The SMILES string of the molecule is Cc1ccc(-c2cc(-c3ncc(C)cn3)nc(-c3ncc(C)cn3)c2)cc1. The maximum absolute atomic E-state index is 4.73. The van der Waals surface area contributed by atoms with Gasteiger partial charge in [-0.25, -0.2) is 24.9 Å². The van der Waals surface area contributed by atoms with Crippen molar-refractivity contribution < 1.29 is 0 Å². The van der Waals surface area contributed by atoms with Gasteiger partial charge in [-0.2, -0.15) is 0 Å². The molecule has 0 N–H and O–H groups in total. The molecular formula is C22H19N5. The molecular weight excluding hydrogens is 334 g/mol. The van der Waals surface area contributed by atoms with Crippen molar-refractivity contribution >= 4 is 0 Å². The summed E-state index contributed by atoms with van der Waals surface area (Å²) in [4.78, 5) is 22.5. The monoisotopic (exact) mass is 353 g/mol. The second-order valence-corrected chi connectivity index (χ2v) is 6.66. The average molecular weight is 353 g/mol. The van der Waals surface area contributed by atoms with Crippen LogP contribution in [0.1, 0.15) is 16.7 Å². The molecule has 27 heavy (non-hydrogen) atoms. The molecule has 0 aliphatic carbocycles. The standard InChI is InChI=1S/C22H19N5/c1-14-4-6-17(7-5-14)18-8-19(21-23-10-15(2)11-24-21)27-20(9-18)22-25-12-16(3)13-26-22/h4-13H,1-3H3. The van der Waals surface area contributed by atoms with E-state index in [0.29, 0.717) is 23.0 Å². The molecule has 0 bridgehead atoms. The zero-order valence-corrected chi connectivity index (χ0v) is 15.5. The Morgan fingerprint density at radius 2 is 0.963 bits per heavy atom. The highest BCUT2D eigenvalue weighted by atomic mass is 14.9. The van der Waals surface area contributed by atoms with Crippen molar-refractivity contribution in [3.63, 3.8) is 0 Å². The van der Waals surface area contributed by atoms with Crippen LogP contribution in [-0.4, -0.2) is 24.9 Å². The minimum absolute atomic E-state index is 0.586. The van der Waals surface area contributed by atoms with Gasteiger partial charge in [0.05, 0.1) is 0 Å². The van der Waals surface area contributed by atoms with Crippen molar-refractivity contribution in [1.29, 1.82) is 0 Å². The van der Waals surface area contributed by atoms with Crippen molar-refractivity contribution in [3.8, 4) is 34.2 Å². The van der Waals surface area contributed by atoms with E-state index < -0.39 is 0 Å². The zero-order chi connectivity index (χ0) is 18.8. The lowest BCUT2D eigenvalue weighted by molar-refractivity contribution is 1.09. The Labute approximate surface area is 158 Å². The Balaban J connectivity index is 1.89. The van der Waals surface area contributed by atoms with Crippen LogP contribution in [0.25, 0.3) is 34.2 Å². The van der Waals surface area contributed by atoms with E-state index in [1.54, 1.807) is 24.8 Å². The molecule has 3 aromatic heterocycles. The van der Waals surface area contributed by atoms with Gasteiger partial charge in [0, 0.05) is 24.8 Å². The van der Waals surface area contributed by atoms with Gasteiger partial charge >= 0.3 is 0 Å². The molecule has 0 aliphatic heterocycles. The van der Waals surface area contributed by atoms with E-state index in [-0.39, 0.29) is 0 Å². The van der Waals surface area contributed by atoms with Crippen molar-refractivity contribution in [2.45, 2.75) is 20.8 Å². The third-order valence-electron chi connectivity index (χ3n) is 4.23. The first-order valence-electron chi connectivity index (χ1n) is 8.76. The quantitative estimate of drug-likeness (QED) is 0.539. The number of pyridine rings is 1. The Bertz CT molecular complexity index is 915. The summed E-state index contributed by atoms with van der Waals surface area (Å²) in [7, 11) is 0. The molecule has 4 rings (SSSR count). The first-order chi connectivity index (χ1) is 13.1. The molecule has 0 spiro atoms. The van der Waals surface area contributed by atoms with Gasteiger partial charge in [-0.1, -0.05) is 29.8 Å². The van der Waals surface area contributed by atoms with Crippen molar-refractivity contribution in [1.82, 2.24) is 24.9 Å². The molecule has 132 valence electrons. The highest BCUT2D eigenvalue weighted by molar-refractivity contribution is 5.73. The fourth-order valence-corrected chi connectivity index (χ4v) is 2.72. The lowest BCUT2D eigenvalue weighted by Gasteiger charge is -2.09. The Hall–Kier alpha value is -3.47. The van der Waals surface area contributed by atoms with Crippen molar-refractivity contribution in [3.05, 3.63) is 77.9 Å². The lowest BCUT2D eigenvalue weighted by atomic mass is 10.0. The molecule has 0 atom stereocenters. The second-order valence-electron chi connectivity index (χ2n) is 6.66. The van der Waals surface area contributed by atoms with Crippen LogP contribution >= 0.6 is 0 Å². The molecule has 5 nitrogen and oxygen atoms in total. The molecule has 5 heteroatoms. The van der Waals surface area contributed by atoms with Crippen molar-refractivity contribution in [2.75, 3.05) is 0 Å². The number of nitrogens with zero attached hydrogens (tertiary/aromatic N) is 5. The maximum Gasteiger partial charge on any atom is 0.178 e. The van der Waals surface area contributed by atoms with Gasteiger partial charge in [-0.05, 0) is 55.2 Å².